The molecule has 0 aliphatic heterocycles. The third-order valence-electron chi connectivity index (χ3n) is 5.79. The fourth-order valence-electron chi connectivity index (χ4n) is 3.97. The summed E-state index contributed by atoms with van der Waals surface area (Å²) in [7, 11) is -4.17. The minimum Gasteiger partial charge on any atom is -0.352 e. The van der Waals surface area contributed by atoms with Crippen molar-refractivity contribution in [1.82, 2.24) is 10.2 Å². The Labute approximate surface area is 228 Å². The lowest BCUT2D eigenvalue weighted by molar-refractivity contribution is -0.140. The fourth-order valence-corrected chi connectivity index (χ4v) is 5.58. The van der Waals surface area contributed by atoms with Gasteiger partial charge in [-0.25, -0.2) is 12.8 Å². The van der Waals surface area contributed by atoms with Gasteiger partial charge in [-0.15, -0.1) is 0 Å². The molecule has 0 fully saturated rings. The lowest BCUT2D eigenvalue weighted by atomic mass is 10.1. The number of amides is 2. The van der Waals surface area contributed by atoms with E-state index in [2.05, 4.69) is 5.32 Å². The number of halogens is 2. The molecule has 202 valence electrons. The van der Waals surface area contributed by atoms with Gasteiger partial charge in [0, 0.05) is 17.6 Å². The Morgan fingerprint density at radius 3 is 2.21 bits per heavy atom. The van der Waals surface area contributed by atoms with Gasteiger partial charge in [0.05, 0.1) is 10.6 Å². The summed E-state index contributed by atoms with van der Waals surface area (Å²) in [6.07, 6.45) is 0.286. The number of sulfonamides is 1. The summed E-state index contributed by atoms with van der Waals surface area (Å²) in [5.41, 5.74) is 0.798. The van der Waals surface area contributed by atoms with Gasteiger partial charge in [0.1, 0.15) is 18.4 Å². The quantitative estimate of drug-likeness (QED) is 0.358. The molecule has 7 nitrogen and oxygen atoms in total. The van der Waals surface area contributed by atoms with Crippen LogP contribution in [0, 0.1) is 5.82 Å². The summed E-state index contributed by atoms with van der Waals surface area (Å²) in [5.74, 6) is -1.39. The number of nitrogens with zero attached hydrogens (tertiary/aromatic N) is 2. The van der Waals surface area contributed by atoms with E-state index in [1.54, 1.807) is 43.3 Å². The first-order valence-electron chi connectivity index (χ1n) is 12.2. The minimum atomic E-state index is -4.17. The summed E-state index contributed by atoms with van der Waals surface area (Å²) in [6, 6.07) is 18.5. The Kier molecular flexibility index (Phi) is 9.88. The molecule has 38 heavy (non-hydrogen) atoms. The van der Waals surface area contributed by atoms with E-state index in [4.69, 9.17) is 11.6 Å². The van der Waals surface area contributed by atoms with Gasteiger partial charge < -0.3 is 10.2 Å². The van der Waals surface area contributed by atoms with Crippen molar-refractivity contribution in [1.29, 1.82) is 0 Å². The second-order valence-electron chi connectivity index (χ2n) is 9.04. The molecule has 0 saturated heterocycles. The van der Waals surface area contributed by atoms with Crippen LogP contribution in [0.15, 0.2) is 83.8 Å². The molecule has 1 atom stereocenters. The molecule has 0 radical (unpaired) electrons. The van der Waals surface area contributed by atoms with Gasteiger partial charge in [-0.05, 0) is 68.3 Å². The van der Waals surface area contributed by atoms with Crippen molar-refractivity contribution in [2.75, 3.05) is 10.8 Å². The van der Waals surface area contributed by atoms with E-state index in [0.717, 1.165) is 4.31 Å². The maximum absolute atomic E-state index is 13.9. The first-order chi connectivity index (χ1) is 18.0. The summed E-state index contributed by atoms with van der Waals surface area (Å²) >= 11 is 6.17. The molecule has 2 amide bonds. The maximum atomic E-state index is 13.9. The van der Waals surface area contributed by atoms with E-state index >= 15 is 0 Å². The number of hydrogen-bond acceptors (Lipinski definition) is 4. The van der Waals surface area contributed by atoms with Crippen LogP contribution in [0.4, 0.5) is 10.1 Å². The molecule has 0 aliphatic rings. The topological polar surface area (TPSA) is 86.8 Å². The molecule has 3 aromatic rings. The highest BCUT2D eigenvalue weighted by molar-refractivity contribution is 7.92. The average molecular weight is 560 g/mol. The Hall–Kier alpha value is -3.43. The standard InChI is InChI=1S/C28H31ClFN3O4S/c1-4-26(28(35)31-20(2)3)32(18-21-13-15-23(30)16-14-21)27(34)19-33(24-10-8-9-22(29)17-24)38(36,37)25-11-6-5-7-12-25/h5-17,20,26H,4,18-19H2,1-3H3,(H,31,35)/t26-/m1/s1. The second kappa shape index (κ2) is 12.9. The summed E-state index contributed by atoms with van der Waals surface area (Å²) < 4.78 is 41.9. The molecular weight excluding hydrogens is 529 g/mol. The third kappa shape index (κ3) is 7.33. The van der Waals surface area contributed by atoms with Crippen LogP contribution < -0.4 is 9.62 Å². The molecule has 0 saturated carbocycles. The summed E-state index contributed by atoms with van der Waals surface area (Å²) in [6.45, 7) is 4.79. The highest BCUT2D eigenvalue weighted by Gasteiger charge is 2.33. The third-order valence-corrected chi connectivity index (χ3v) is 7.81. The molecular formula is C28H31ClFN3O4S. The van der Waals surface area contributed by atoms with E-state index in [9.17, 15) is 22.4 Å². The Balaban J connectivity index is 2.05. The fraction of sp³-hybridized carbons (Fsp3) is 0.286. The van der Waals surface area contributed by atoms with Crippen LogP contribution in [-0.2, 0) is 26.2 Å². The van der Waals surface area contributed by atoms with E-state index in [-0.39, 0.29) is 35.5 Å². The number of nitrogens with one attached hydrogen (secondary N) is 1. The largest absolute Gasteiger partial charge is 0.352 e. The molecule has 0 unspecified atom stereocenters. The molecule has 0 aromatic heterocycles. The van der Waals surface area contributed by atoms with Crippen molar-refractivity contribution in [3.05, 3.63) is 95.3 Å². The molecule has 0 bridgehead atoms. The van der Waals surface area contributed by atoms with Gasteiger partial charge in [0.2, 0.25) is 11.8 Å². The van der Waals surface area contributed by atoms with Crippen molar-refractivity contribution in [2.45, 2.75) is 50.7 Å². The zero-order valence-electron chi connectivity index (χ0n) is 21.5. The predicted octanol–water partition coefficient (Wildman–Crippen LogP) is 5.01. The second-order valence-corrected chi connectivity index (χ2v) is 11.3. The van der Waals surface area contributed by atoms with Gasteiger partial charge in [-0.2, -0.15) is 0 Å². The Bertz CT molecular complexity index is 1350. The minimum absolute atomic E-state index is 0.00227. The SMILES string of the molecule is CC[C@H](C(=O)NC(C)C)N(Cc1ccc(F)cc1)C(=O)CN(c1cccc(Cl)c1)S(=O)(=O)c1ccccc1. The van der Waals surface area contributed by atoms with Crippen LogP contribution in [0.2, 0.25) is 5.02 Å². The van der Waals surface area contributed by atoms with E-state index in [1.807, 2.05) is 13.8 Å². The number of hydrogen-bond donors (Lipinski definition) is 1. The normalized spacial score (nSPS) is 12.2. The number of benzene rings is 3. The van der Waals surface area contributed by atoms with Crippen LogP contribution >= 0.6 is 11.6 Å². The van der Waals surface area contributed by atoms with Crippen LogP contribution in [0.1, 0.15) is 32.8 Å². The highest BCUT2D eigenvalue weighted by atomic mass is 35.5. The molecule has 3 rings (SSSR count). The zero-order chi connectivity index (χ0) is 27.9. The number of anilines is 1. The first-order valence-corrected chi connectivity index (χ1v) is 14.0. The van der Waals surface area contributed by atoms with Crippen LogP contribution in [0.3, 0.4) is 0 Å². The first kappa shape index (κ1) is 29.1. The van der Waals surface area contributed by atoms with E-state index < -0.39 is 34.3 Å². The summed E-state index contributed by atoms with van der Waals surface area (Å²) in [5, 5.41) is 3.13. The van der Waals surface area contributed by atoms with Crippen molar-refractivity contribution in [3.63, 3.8) is 0 Å². The molecule has 1 N–H and O–H groups in total. The van der Waals surface area contributed by atoms with E-state index in [0.29, 0.717) is 10.6 Å². The molecule has 0 spiro atoms. The van der Waals surface area contributed by atoms with E-state index in [1.165, 1.54) is 47.4 Å². The lowest BCUT2D eigenvalue weighted by Gasteiger charge is -2.33. The molecule has 0 aliphatic carbocycles. The van der Waals surface area contributed by atoms with Gasteiger partial charge >= 0.3 is 0 Å². The van der Waals surface area contributed by atoms with Crippen LogP contribution in [-0.4, -0.2) is 43.8 Å². The zero-order valence-corrected chi connectivity index (χ0v) is 23.0. The van der Waals surface area contributed by atoms with Crippen LogP contribution in [0.25, 0.3) is 0 Å². The average Bonchev–Trinajstić information content (AvgIpc) is 2.88. The Morgan fingerprint density at radius 1 is 0.974 bits per heavy atom. The highest BCUT2D eigenvalue weighted by Crippen LogP contribution is 2.27. The maximum Gasteiger partial charge on any atom is 0.264 e. The number of carbonyl (C=O) groups excluding carboxylic acids is 2. The van der Waals surface area contributed by atoms with Crippen molar-refractivity contribution >= 4 is 39.1 Å². The van der Waals surface area contributed by atoms with Crippen LogP contribution in [0.5, 0.6) is 0 Å². The van der Waals surface area contributed by atoms with Gasteiger partial charge in [0.25, 0.3) is 10.0 Å². The smallest absolute Gasteiger partial charge is 0.264 e. The molecule has 0 heterocycles. The Morgan fingerprint density at radius 2 is 1.63 bits per heavy atom. The number of rotatable bonds is 11. The lowest BCUT2D eigenvalue weighted by Crippen LogP contribution is -2.53. The molecule has 10 heteroatoms. The van der Waals surface area contributed by atoms with Gasteiger partial charge in [-0.1, -0.05) is 54.9 Å². The van der Waals surface area contributed by atoms with Crippen molar-refractivity contribution in [2.24, 2.45) is 0 Å². The molecule has 3 aromatic carbocycles. The predicted molar refractivity (Wildman–Crippen MR) is 147 cm³/mol. The monoisotopic (exact) mass is 559 g/mol. The van der Waals surface area contributed by atoms with Crippen molar-refractivity contribution in [3.8, 4) is 0 Å². The number of carbonyl (C=O) groups is 2. The summed E-state index contributed by atoms with van der Waals surface area (Å²) in [4.78, 5) is 28.3. The van der Waals surface area contributed by atoms with Gasteiger partial charge in [0.15, 0.2) is 0 Å². The van der Waals surface area contributed by atoms with Crippen molar-refractivity contribution < 1.29 is 22.4 Å². The van der Waals surface area contributed by atoms with Gasteiger partial charge in [-0.3, -0.25) is 13.9 Å².